The maximum Gasteiger partial charge on any atom is 0.320 e. The molecular weight excluding hydrogens is 252 g/mol. The van der Waals surface area contributed by atoms with Crippen molar-refractivity contribution in [3.8, 4) is 0 Å². The van der Waals surface area contributed by atoms with Crippen LogP contribution in [-0.2, 0) is 11.3 Å². The molecule has 4 nitrogen and oxygen atoms in total. The highest BCUT2D eigenvalue weighted by molar-refractivity contribution is 5.75. The van der Waals surface area contributed by atoms with Gasteiger partial charge in [0, 0.05) is 13.1 Å². The number of hydrogen-bond donors (Lipinski definition) is 0. The van der Waals surface area contributed by atoms with E-state index < -0.39 is 6.55 Å². The predicted molar refractivity (Wildman–Crippen MR) is 67.1 cm³/mol. The highest BCUT2D eigenvalue weighted by atomic mass is 19.3. The van der Waals surface area contributed by atoms with E-state index in [1.165, 1.54) is 0 Å². The summed E-state index contributed by atoms with van der Waals surface area (Å²) in [4.78, 5) is 6.42. The first-order chi connectivity index (χ1) is 9.25. The molecule has 0 saturated carbocycles. The normalized spacial score (nSPS) is 17.4. The van der Waals surface area contributed by atoms with Crippen LogP contribution < -0.4 is 0 Å². The number of hydrogen-bond acceptors (Lipinski definition) is 3. The van der Waals surface area contributed by atoms with Gasteiger partial charge in [-0.1, -0.05) is 12.1 Å². The van der Waals surface area contributed by atoms with Crippen molar-refractivity contribution in [2.75, 3.05) is 26.3 Å². The largest absolute Gasteiger partial charge is 0.379 e. The summed E-state index contributed by atoms with van der Waals surface area (Å²) >= 11 is 0. The molecule has 2 aromatic rings. The van der Waals surface area contributed by atoms with E-state index in [0.717, 1.165) is 17.7 Å². The van der Waals surface area contributed by atoms with Crippen molar-refractivity contribution in [2.24, 2.45) is 0 Å². The van der Waals surface area contributed by atoms with Crippen LogP contribution in [0.4, 0.5) is 8.78 Å². The summed E-state index contributed by atoms with van der Waals surface area (Å²) in [6.45, 7) is 0.675. The summed E-state index contributed by atoms with van der Waals surface area (Å²) < 4.78 is 32.7. The van der Waals surface area contributed by atoms with Gasteiger partial charge < -0.3 is 4.74 Å². The van der Waals surface area contributed by atoms with Gasteiger partial charge in [-0.15, -0.1) is 0 Å². The minimum absolute atomic E-state index is 0.415. The van der Waals surface area contributed by atoms with E-state index in [9.17, 15) is 8.78 Å². The van der Waals surface area contributed by atoms with Crippen molar-refractivity contribution >= 4 is 11.0 Å². The summed E-state index contributed by atoms with van der Waals surface area (Å²) in [6.07, 6.45) is 0. The van der Waals surface area contributed by atoms with E-state index in [1.807, 2.05) is 6.07 Å². The van der Waals surface area contributed by atoms with E-state index in [1.54, 1.807) is 18.2 Å². The molecule has 102 valence electrons. The molecule has 0 radical (unpaired) electrons. The first kappa shape index (κ1) is 12.5. The van der Waals surface area contributed by atoms with Crippen LogP contribution in [0.25, 0.3) is 11.0 Å². The molecule has 1 aromatic heterocycles. The first-order valence-corrected chi connectivity index (χ1v) is 6.30. The first-order valence-electron chi connectivity index (χ1n) is 6.30. The van der Waals surface area contributed by atoms with Crippen molar-refractivity contribution in [2.45, 2.75) is 13.1 Å². The minimum atomic E-state index is -2.57. The molecule has 0 bridgehead atoms. The van der Waals surface area contributed by atoms with Gasteiger partial charge in [-0.25, -0.2) is 4.98 Å². The highest BCUT2D eigenvalue weighted by Gasteiger charge is 2.20. The van der Waals surface area contributed by atoms with Gasteiger partial charge in [0.15, 0.2) is 0 Å². The van der Waals surface area contributed by atoms with Gasteiger partial charge >= 0.3 is 6.55 Å². The lowest BCUT2D eigenvalue weighted by Gasteiger charge is -2.26. The van der Waals surface area contributed by atoms with E-state index in [0.29, 0.717) is 36.6 Å². The second kappa shape index (κ2) is 5.22. The predicted octanol–water partition coefficient (Wildman–Crippen LogP) is 2.26. The van der Waals surface area contributed by atoms with Crippen molar-refractivity contribution in [3.63, 3.8) is 0 Å². The maximum atomic E-state index is 13.2. The van der Waals surface area contributed by atoms with Crippen molar-refractivity contribution in [1.29, 1.82) is 0 Å². The van der Waals surface area contributed by atoms with Gasteiger partial charge in [0.25, 0.3) is 0 Å². The van der Waals surface area contributed by atoms with Crippen LogP contribution >= 0.6 is 0 Å². The lowest BCUT2D eigenvalue weighted by Crippen LogP contribution is -2.36. The van der Waals surface area contributed by atoms with Gasteiger partial charge in [0.2, 0.25) is 0 Å². The number of fused-ring (bicyclic) bond motifs is 1. The molecule has 1 saturated heterocycles. The summed E-state index contributed by atoms with van der Waals surface area (Å²) in [7, 11) is 0. The van der Waals surface area contributed by atoms with Crippen LogP contribution in [0.5, 0.6) is 0 Å². The number of benzene rings is 1. The third kappa shape index (κ3) is 2.46. The molecule has 0 atom stereocenters. The lowest BCUT2D eigenvalue weighted by atomic mass is 10.3. The number of morpholine rings is 1. The molecule has 1 fully saturated rings. The molecule has 1 aliphatic heterocycles. The SMILES string of the molecule is FC(F)n1c(CN2CCOCC2)nc2ccccc21. The zero-order valence-corrected chi connectivity index (χ0v) is 10.4. The van der Waals surface area contributed by atoms with Crippen LogP contribution in [0.3, 0.4) is 0 Å². The third-order valence-electron chi connectivity index (χ3n) is 3.33. The Balaban J connectivity index is 1.95. The molecular formula is C13H15F2N3O. The van der Waals surface area contributed by atoms with Gasteiger partial charge in [0.1, 0.15) is 5.82 Å². The highest BCUT2D eigenvalue weighted by Crippen LogP contribution is 2.24. The molecule has 0 unspecified atom stereocenters. The Morgan fingerprint density at radius 2 is 1.95 bits per heavy atom. The molecule has 1 aliphatic rings. The smallest absolute Gasteiger partial charge is 0.320 e. The summed E-state index contributed by atoms with van der Waals surface area (Å²) in [5.74, 6) is 0.415. The van der Waals surface area contributed by atoms with Gasteiger partial charge in [-0.2, -0.15) is 8.78 Å². The van der Waals surface area contributed by atoms with E-state index >= 15 is 0 Å². The Morgan fingerprint density at radius 3 is 2.68 bits per heavy atom. The fourth-order valence-electron chi connectivity index (χ4n) is 2.38. The number of ether oxygens (including phenoxy) is 1. The van der Waals surface area contributed by atoms with E-state index in [-0.39, 0.29) is 0 Å². The Morgan fingerprint density at radius 1 is 1.21 bits per heavy atom. The maximum absolute atomic E-state index is 13.2. The van der Waals surface area contributed by atoms with Crippen LogP contribution in [0.2, 0.25) is 0 Å². The molecule has 0 spiro atoms. The average Bonchev–Trinajstić information content (AvgIpc) is 2.77. The fourth-order valence-corrected chi connectivity index (χ4v) is 2.38. The zero-order chi connectivity index (χ0) is 13.2. The quantitative estimate of drug-likeness (QED) is 0.854. The molecule has 6 heteroatoms. The number of nitrogens with zero attached hydrogens (tertiary/aromatic N) is 3. The number of imidazole rings is 1. The van der Waals surface area contributed by atoms with Crippen LogP contribution in [0.15, 0.2) is 24.3 Å². The molecule has 3 rings (SSSR count). The number of para-hydroxylation sites is 2. The number of aromatic nitrogens is 2. The number of halogens is 2. The van der Waals surface area contributed by atoms with Crippen LogP contribution in [0.1, 0.15) is 12.4 Å². The summed E-state index contributed by atoms with van der Waals surface area (Å²) in [5.41, 5.74) is 1.10. The molecule has 1 aromatic carbocycles. The molecule has 0 aliphatic carbocycles. The van der Waals surface area contributed by atoms with Crippen molar-refractivity contribution in [3.05, 3.63) is 30.1 Å². The van der Waals surface area contributed by atoms with Gasteiger partial charge in [-0.3, -0.25) is 9.47 Å². The summed E-state index contributed by atoms with van der Waals surface area (Å²) in [5, 5.41) is 0. The standard InChI is InChI=1S/C13H15F2N3O/c14-13(15)18-11-4-2-1-3-10(11)16-12(18)9-17-5-7-19-8-6-17/h1-4,13H,5-9H2. The van der Waals surface area contributed by atoms with Crippen LogP contribution in [-0.4, -0.2) is 40.8 Å². The Hall–Kier alpha value is -1.53. The van der Waals surface area contributed by atoms with E-state index in [2.05, 4.69) is 9.88 Å². The number of alkyl halides is 2. The molecule has 0 N–H and O–H groups in total. The van der Waals surface area contributed by atoms with Crippen molar-refractivity contribution in [1.82, 2.24) is 14.5 Å². The lowest BCUT2D eigenvalue weighted by molar-refractivity contribution is 0.0277. The Labute approximate surface area is 109 Å². The summed E-state index contributed by atoms with van der Waals surface area (Å²) in [6, 6.07) is 7.00. The minimum Gasteiger partial charge on any atom is -0.379 e. The zero-order valence-electron chi connectivity index (χ0n) is 10.4. The molecule has 19 heavy (non-hydrogen) atoms. The topological polar surface area (TPSA) is 30.3 Å². The van der Waals surface area contributed by atoms with Crippen molar-refractivity contribution < 1.29 is 13.5 Å². The Bertz CT molecular complexity index is 564. The van der Waals surface area contributed by atoms with Crippen LogP contribution in [0, 0.1) is 0 Å². The monoisotopic (exact) mass is 267 g/mol. The third-order valence-corrected chi connectivity index (χ3v) is 3.33. The number of rotatable bonds is 3. The molecule has 0 amide bonds. The fraction of sp³-hybridized carbons (Fsp3) is 0.462. The average molecular weight is 267 g/mol. The van der Waals surface area contributed by atoms with E-state index in [4.69, 9.17) is 4.74 Å². The second-order valence-electron chi connectivity index (χ2n) is 4.55. The molecule has 2 heterocycles. The van der Waals surface area contributed by atoms with Gasteiger partial charge in [0.05, 0.1) is 30.8 Å². The second-order valence-corrected chi connectivity index (χ2v) is 4.55. The Kier molecular flexibility index (Phi) is 3.44. The van der Waals surface area contributed by atoms with Gasteiger partial charge in [-0.05, 0) is 12.1 Å².